The van der Waals surface area contributed by atoms with Gasteiger partial charge in [0, 0.05) is 10.6 Å². The van der Waals surface area contributed by atoms with Gasteiger partial charge in [-0.3, -0.25) is 14.9 Å². The quantitative estimate of drug-likeness (QED) is 0.600. The Hall–Kier alpha value is -2.86. The maximum atomic E-state index is 12.8. The summed E-state index contributed by atoms with van der Waals surface area (Å²) in [5, 5.41) is 6.05. The number of imidazole rings is 1. The smallest absolute Gasteiger partial charge is 0.251 e. The van der Waals surface area contributed by atoms with Crippen LogP contribution in [0.2, 0.25) is 5.02 Å². The molecule has 0 aliphatic heterocycles. The number of nitrogens with zero attached hydrogens (tertiary/aromatic N) is 1. The number of carbonyl (C=O) groups excluding carboxylic acids is 2. The number of carbonyl (C=O) groups is 2. The SMILES string of the molecule is CCC(C)C(NC(=O)c1cccc(Cl)c1)C(=O)Nc1nc2ccccc2[nH]1. The number of rotatable bonds is 6. The third-order valence-electron chi connectivity index (χ3n) is 4.50. The third-order valence-corrected chi connectivity index (χ3v) is 4.73. The Morgan fingerprint density at radius 3 is 2.67 bits per heavy atom. The summed E-state index contributed by atoms with van der Waals surface area (Å²) >= 11 is 5.95. The lowest BCUT2D eigenvalue weighted by atomic mass is 9.98. The van der Waals surface area contributed by atoms with Gasteiger partial charge in [-0.05, 0) is 36.2 Å². The Morgan fingerprint density at radius 2 is 1.96 bits per heavy atom. The number of amides is 2. The molecule has 0 saturated heterocycles. The Labute approximate surface area is 162 Å². The van der Waals surface area contributed by atoms with Crippen LogP contribution >= 0.6 is 11.6 Å². The minimum atomic E-state index is -0.699. The summed E-state index contributed by atoms with van der Waals surface area (Å²) in [6, 6.07) is 13.4. The second-order valence-corrected chi connectivity index (χ2v) is 6.88. The molecule has 0 aliphatic rings. The van der Waals surface area contributed by atoms with Crippen molar-refractivity contribution in [1.29, 1.82) is 0 Å². The van der Waals surface area contributed by atoms with Crippen molar-refractivity contribution in [2.24, 2.45) is 5.92 Å². The van der Waals surface area contributed by atoms with Crippen LogP contribution in [0.5, 0.6) is 0 Å². The summed E-state index contributed by atoms with van der Waals surface area (Å²) in [6.45, 7) is 3.89. The molecule has 6 nitrogen and oxygen atoms in total. The highest BCUT2D eigenvalue weighted by atomic mass is 35.5. The molecule has 3 aromatic rings. The standard InChI is InChI=1S/C20H21ClN4O2/c1-3-12(2)17(24-18(26)13-7-6-8-14(21)11-13)19(27)25-20-22-15-9-4-5-10-16(15)23-20/h4-12,17H,3H2,1-2H3,(H,24,26)(H2,22,23,25,27). The largest absolute Gasteiger partial charge is 0.340 e. The Bertz CT molecular complexity index is 936. The Kier molecular flexibility index (Phi) is 5.76. The minimum absolute atomic E-state index is 0.0579. The maximum Gasteiger partial charge on any atom is 0.251 e. The number of anilines is 1. The van der Waals surface area contributed by atoms with Crippen molar-refractivity contribution in [2.45, 2.75) is 26.3 Å². The average molecular weight is 385 g/mol. The van der Waals surface area contributed by atoms with Gasteiger partial charge in [0.1, 0.15) is 6.04 Å². The zero-order valence-corrected chi connectivity index (χ0v) is 15.9. The van der Waals surface area contributed by atoms with E-state index in [0.717, 1.165) is 17.5 Å². The highest BCUT2D eigenvalue weighted by molar-refractivity contribution is 6.31. The van der Waals surface area contributed by atoms with Crippen molar-refractivity contribution in [3.05, 3.63) is 59.1 Å². The molecule has 0 radical (unpaired) electrons. The van der Waals surface area contributed by atoms with Crippen LogP contribution in [0.4, 0.5) is 5.95 Å². The van der Waals surface area contributed by atoms with Crippen molar-refractivity contribution in [3.8, 4) is 0 Å². The molecule has 7 heteroatoms. The van der Waals surface area contributed by atoms with Crippen molar-refractivity contribution >= 4 is 40.4 Å². The molecule has 0 bridgehead atoms. The van der Waals surface area contributed by atoms with Crippen LogP contribution in [0.1, 0.15) is 30.6 Å². The van der Waals surface area contributed by atoms with E-state index in [0.29, 0.717) is 16.5 Å². The molecule has 3 N–H and O–H groups in total. The molecule has 27 heavy (non-hydrogen) atoms. The van der Waals surface area contributed by atoms with Gasteiger partial charge in [0.05, 0.1) is 11.0 Å². The first-order valence-electron chi connectivity index (χ1n) is 8.80. The highest BCUT2D eigenvalue weighted by Crippen LogP contribution is 2.16. The van der Waals surface area contributed by atoms with Crippen molar-refractivity contribution < 1.29 is 9.59 Å². The second-order valence-electron chi connectivity index (χ2n) is 6.44. The van der Waals surface area contributed by atoms with E-state index in [-0.39, 0.29) is 17.7 Å². The number of para-hydroxylation sites is 2. The molecule has 3 rings (SSSR count). The van der Waals surface area contributed by atoms with Gasteiger partial charge in [-0.1, -0.05) is 50.1 Å². The summed E-state index contributed by atoms with van der Waals surface area (Å²) in [4.78, 5) is 32.8. The number of benzene rings is 2. The molecular formula is C20H21ClN4O2. The molecule has 0 spiro atoms. The molecule has 0 aliphatic carbocycles. The van der Waals surface area contributed by atoms with E-state index in [2.05, 4.69) is 20.6 Å². The molecule has 140 valence electrons. The first-order valence-corrected chi connectivity index (χ1v) is 9.17. The lowest BCUT2D eigenvalue weighted by Crippen LogP contribution is -2.47. The predicted octanol–water partition coefficient (Wildman–Crippen LogP) is 4.00. The molecule has 1 heterocycles. The molecule has 2 aromatic carbocycles. The maximum absolute atomic E-state index is 12.8. The fraction of sp³-hybridized carbons (Fsp3) is 0.250. The van der Waals surface area contributed by atoms with Crippen LogP contribution in [-0.2, 0) is 4.79 Å². The molecule has 2 atom stereocenters. The first kappa shape index (κ1) is 18.9. The zero-order chi connectivity index (χ0) is 19.4. The normalized spacial score (nSPS) is 13.1. The third kappa shape index (κ3) is 4.46. The topological polar surface area (TPSA) is 86.9 Å². The fourth-order valence-electron chi connectivity index (χ4n) is 2.76. The van der Waals surface area contributed by atoms with Gasteiger partial charge in [0.15, 0.2) is 0 Å². The number of aromatic nitrogens is 2. The van der Waals surface area contributed by atoms with Crippen LogP contribution in [-0.4, -0.2) is 27.8 Å². The lowest BCUT2D eigenvalue weighted by Gasteiger charge is -2.23. The molecule has 2 unspecified atom stereocenters. The van der Waals surface area contributed by atoms with Crippen molar-refractivity contribution in [3.63, 3.8) is 0 Å². The first-order chi connectivity index (χ1) is 13.0. The van der Waals surface area contributed by atoms with Gasteiger partial charge >= 0.3 is 0 Å². The number of halogens is 1. The van der Waals surface area contributed by atoms with Gasteiger partial charge in [-0.15, -0.1) is 0 Å². The van der Waals surface area contributed by atoms with Crippen LogP contribution in [0.15, 0.2) is 48.5 Å². The number of H-pyrrole nitrogens is 1. The molecule has 0 fully saturated rings. The predicted molar refractivity (Wildman–Crippen MR) is 107 cm³/mol. The summed E-state index contributed by atoms with van der Waals surface area (Å²) in [5.41, 5.74) is 2.00. The molecule has 2 amide bonds. The second kappa shape index (κ2) is 8.22. The van der Waals surface area contributed by atoms with Gasteiger partial charge in [0.2, 0.25) is 11.9 Å². The molecule has 1 aromatic heterocycles. The van der Waals surface area contributed by atoms with Crippen LogP contribution in [0, 0.1) is 5.92 Å². The van der Waals surface area contributed by atoms with E-state index in [4.69, 9.17) is 11.6 Å². The number of fused-ring (bicyclic) bond motifs is 1. The Balaban J connectivity index is 1.77. The average Bonchev–Trinajstić information content (AvgIpc) is 3.07. The van der Waals surface area contributed by atoms with E-state index in [1.807, 2.05) is 38.1 Å². The molecule has 0 saturated carbocycles. The van der Waals surface area contributed by atoms with Gasteiger partial charge in [-0.25, -0.2) is 4.98 Å². The monoisotopic (exact) mass is 384 g/mol. The summed E-state index contributed by atoms with van der Waals surface area (Å²) < 4.78 is 0. The fourth-order valence-corrected chi connectivity index (χ4v) is 2.95. The lowest BCUT2D eigenvalue weighted by molar-refractivity contribution is -0.119. The van der Waals surface area contributed by atoms with Crippen molar-refractivity contribution in [2.75, 3.05) is 5.32 Å². The van der Waals surface area contributed by atoms with E-state index >= 15 is 0 Å². The summed E-state index contributed by atoms with van der Waals surface area (Å²) in [5.74, 6) is -0.370. The van der Waals surface area contributed by atoms with Crippen LogP contribution < -0.4 is 10.6 Å². The minimum Gasteiger partial charge on any atom is -0.340 e. The zero-order valence-electron chi connectivity index (χ0n) is 15.1. The van der Waals surface area contributed by atoms with Gasteiger partial charge < -0.3 is 10.3 Å². The number of nitrogens with one attached hydrogen (secondary N) is 3. The molecular weight excluding hydrogens is 364 g/mol. The highest BCUT2D eigenvalue weighted by Gasteiger charge is 2.27. The van der Waals surface area contributed by atoms with Gasteiger partial charge in [0.25, 0.3) is 5.91 Å². The Morgan fingerprint density at radius 1 is 1.19 bits per heavy atom. The number of aromatic amines is 1. The summed E-state index contributed by atoms with van der Waals surface area (Å²) in [6.07, 6.45) is 0.730. The van der Waals surface area contributed by atoms with E-state index in [1.165, 1.54) is 0 Å². The van der Waals surface area contributed by atoms with E-state index in [9.17, 15) is 9.59 Å². The van der Waals surface area contributed by atoms with Crippen molar-refractivity contribution in [1.82, 2.24) is 15.3 Å². The van der Waals surface area contributed by atoms with Crippen LogP contribution in [0.25, 0.3) is 11.0 Å². The summed E-state index contributed by atoms with van der Waals surface area (Å²) in [7, 11) is 0. The number of hydrogen-bond acceptors (Lipinski definition) is 3. The number of hydrogen-bond donors (Lipinski definition) is 3. The van der Waals surface area contributed by atoms with Crippen LogP contribution in [0.3, 0.4) is 0 Å². The van der Waals surface area contributed by atoms with Gasteiger partial charge in [-0.2, -0.15) is 0 Å². The van der Waals surface area contributed by atoms with E-state index in [1.54, 1.807) is 24.3 Å². The van der Waals surface area contributed by atoms with E-state index < -0.39 is 6.04 Å².